The number of nitro groups is 1. The van der Waals surface area contributed by atoms with E-state index in [1.165, 1.54) is 19.3 Å². The number of anilines is 1. The van der Waals surface area contributed by atoms with Crippen LogP contribution in [0, 0.1) is 10.1 Å². The molecule has 0 aromatic heterocycles. The van der Waals surface area contributed by atoms with Crippen LogP contribution in [-0.2, 0) is 9.59 Å². The lowest BCUT2D eigenvalue weighted by Gasteiger charge is -2.12. The molecule has 172 valence electrons. The summed E-state index contributed by atoms with van der Waals surface area (Å²) < 4.78 is 10.3. The Hall–Kier alpha value is -4.06. The normalized spacial score (nSPS) is 14.5. The average molecular weight is 473 g/mol. The number of hydrogen-bond donors (Lipinski definition) is 2. The molecule has 1 heterocycles. The third-order valence-corrected chi connectivity index (χ3v) is 5.33. The van der Waals surface area contributed by atoms with Crippen LogP contribution in [0.4, 0.5) is 16.2 Å². The Morgan fingerprint density at radius 1 is 1.27 bits per heavy atom. The Balaban J connectivity index is 1.77. The molecule has 1 fully saturated rings. The Labute approximate surface area is 192 Å². The van der Waals surface area contributed by atoms with Gasteiger partial charge >= 0.3 is 5.69 Å². The SMILES string of the molecule is CCOc1cc(/C=C2\SC(=O)N(CC(=O)Nc3ccc(OC)cc3)C2=O)cc([N+](=O)[O-])c1O. The van der Waals surface area contributed by atoms with Crippen molar-refractivity contribution < 1.29 is 33.9 Å². The van der Waals surface area contributed by atoms with E-state index in [2.05, 4.69) is 5.32 Å². The van der Waals surface area contributed by atoms with Gasteiger partial charge in [0.05, 0.1) is 23.5 Å². The zero-order valence-corrected chi connectivity index (χ0v) is 18.4. The summed E-state index contributed by atoms with van der Waals surface area (Å²) >= 11 is 0.596. The topological polar surface area (TPSA) is 148 Å². The summed E-state index contributed by atoms with van der Waals surface area (Å²) in [4.78, 5) is 48.5. The number of nitrogens with one attached hydrogen (secondary N) is 1. The van der Waals surface area contributed by atoms with Gasteiger partial charge in [-0.1, -0.05) is 0 Å². The van der Waals surface area contributed by atoms with Gasteiger partial charge in [0.25, 0.3) is 11.1 Å². The molecule has 0 unspecified atom stereocenters. The van der Waals surface area contributed by atoms with Crippen molar-refractivity contribution in [3.05, 3.63) is 57.0 Å². The fourth-order valence-electron chi connectivity index (χ4n) is 2.91. The molecule has 33 heavy (non-hydrogen) atoms. The second-order valence-corrected chi connectivity index (χ2v) is 7.61. The van der Waals surface area contributed by atoms with E-state index in [-0.39, 0.29) is 22.8 Å². The molecule has 0 atom stereocenters. The monoisotopic (exact) mass is 473 g/mol. The largest absolute Gasteiger partial charge is 0.500 e. The van der Waals surface area contributed by atoms with E-state index in [1.807, 2.05) is 0 Å². The number of rotatable bonds is 8. The highest BCUT2D eigenvalue weighted by atomic mass is 32.2. The second kappa shape index (κ2) is 10.0. The molecule has 1 saturated heterocycles. The molecular weight excluding hydrogens is 454 g/mol. The van der Waals surface area contributed by atoms with Gasteiger partial charge < -0.3 is 19.9 Å². The number of methoxy groups -OCH3 is 1. The molecule has 0 radical (unpaired) electrons. The minimum atomic E-state index is -0.787. The van der Waals surface area contributed by atoms with Crippen LogP contribution in [0.2, 0.25) is 0 Å². The van der Waals surface area contributed by atoms with Crippen LogP contribution in [0.25, 0.3) is 6.08 Å². The lowest BCUT2D eigenvalue weighted by atomic mass is 10.1. The Bertz CT molecular complexity index is 1150. The first-order valence-corrected chi connectivity index (χ1v) is 10.4. The molecular formula is C21H19N3O8S. The van der Waals surface area contributed by atoms with Crippen molar-refractivity contribution in [1.29, 1.82) is 0 Å². The molecule has 3 rings (SSSR count). The maximum absolute atomic E-state index is 12.7. The van der Waals surface area contributed by atoms with Crippen molar-refractivity contribution in [2.75, 3.05) is 25.6 Å². The zero-order chi connectivity index (χ0) is 24.1. The van der Waals surface area contributed by atoms with Gasteiger partial charge in [-0.2, -0.15) is 0 Å². The third kappa shape index (κ3) is 5.41. The van der Waals surface area contributed by atoms with Gasteiger partial charge in [0.15, 0.2) is 5.75 Å². The van der Waals surface area contributed by atoms with Crippen LogP contribution in [0.3, 0.4) is 0 Å². The summed E-state index contributed by atoms with van der Waals surface area (Å²) in [6.07, 6.45) is 1.27. The predicted molar refractivity (Wildman–Crippen MR) is 120 cm³/mol. The van der Waals surface area contributed by atoms with Gasteiger partial charge in [-0.15, -0.1) is 0 Å². The van der Waals surface area contributed by atoms with Crippen molar-refractivity contribution in [3.8, 4) is 17.2 Å². The average Bonchev–Trinajstić information content (AvgIpc) is 3.03. The molecule has 0 aliphatic carbocycles. The Morgan fingerprint density at radius 2 is 1.97 bits per heavy atom. The first-order chi connectivity index (χ1) is 15.7. The quantitative estimate of drug-likeness (QED) is 0.334. The summed E-state index contributed by atoms with van der Waals surface area (Å²) in [5.41, 5.74) is 0.0320. The highest BCUT2D eigenvalue weighted by molar-refractivity contribution is 8.18. The molecule has 2 aromatic carbocycles. The lowest BCUT2D eigenvalue weighted by Crippen LogP contribution is -2.36. The standard InChI is InChI=1S/C21H19N3O8S/c1-3-32-16-9-12(8-15(19(16)26)24(29)30)10-17-20(27)23(21(28)33-17)11-18(25)22-13-4-6-14(31-2)7-5-13/h4-10,26H,3,11H2,1-2H3,(H,22,25)/b17-10-. The van der Waals surface area contributed by atoms with Crippen LogP contribution in [0.1, 0.15) is 12.5 Å². The number of carbonyl (C=O) groups excluding carboxylic acids is 3. The summed E-state index contributed by atoms with van der Waals surface area (Å²) in [7, 11) is 1.51. The number of thioether (sulfide) groups is 1. The number of nitrogens with zero attached hydrogens (tertiary/aromatic N) is 2. The van der Waals surface area contributed by atoms with Crippen molar-refractivity contribution >= 4 is 46.3 Å². The summed E-state index contributed by atoms with van der Waals surface area (Å²) in [5, 5.41) is 23.1. The zero-order valence-electron chi connectivity index (χ0n) is 17.6. The number of benzene rings is 2. The maximum atomic E-state index is 12.7. The number of ether oxygens (including phenoxy) is 2. The van der Waals surface area contributed by atoms with E-state index in [9.17, 15) is 29.6 Å². The summed E-state index contributed by atoms with van der Waals surface area (Å²) in [5.74, 6) is -1.46. The minimum absolute atomic E-state index is 0.0281. The van der Waals surface area contributed by atoms with Crippen molar-refractivity contribution in [3.63, 3.8) is 0 Å². The number of nitro benzene ring substituents is 1. The summed E-state index contributed by atoms with van der Waals surface area (Å²) in [6, 6.07) is 8.88. The molecule has 2 N–H and O–H groups in total. The van der Waals surface area contributed by atoms with Gasteiger partial charge in [-0.3, -0.25) is 29.4 Å². The molecule has 0 saturated carbocycles. The Morgan fingerprint density at radius 3 is 2.58 bits per heavy atom. The number of phenolic OH excluding ortho intramolecular Hbond substituents is 1. The smallest absolute Gasteiger partial charge is 0.315 e. The number of carbonyl (C=O) groups is 3. The highest BCUT2D eigenvalue weighted by Crippen LogP contribution is 2.39. The molecule has 0 bridgehead atoms. The van der Waals surface area contributed by atoms with E-state index in [0.717, 1.165) is 11.0 Å². The second-order valence-electron chi connectivity index (χ2n) is 6.62. The van der Waals surface area contributed by atoms with Crippen LogP contribution >= 0.6 is 11.8 Å². The van der Waals surface area contributed by atoms with Gasteiger partial charge in [0.2, 0.25) is 11.7 Å². The maximum Gasteiger partial charge on any atom is 0.315 e. The molecule has 2 aromatic rings. The number of aromatic hydroxyl groups is 1. The summed E-state index contributed by atoms with van der Waals surface area (Å²) in [6.45, 7) is 1.28. The molecule has 3 amide bonds. The van der Waals surface area contributed by atoms with Crippen LogP contribution < -0.4 is 14.8 Å². The highest BCUT2D eigenvalue weighted by Gasteiger charge is 2.36. The number of imide groups is 1. The molecule has 1 aliphatic rings. The molecule has 0 spiro atoms. The molecule has 12 heteroatoms. The van der Waals surface area contributed by atoms with Crippen molar-refractivity contribution in [2.24, 2.45) is 0 Å². The fraction of sp³-hybridized carbons (Fsp3) is 0.190. The van der Waals surface area contributed by atoms with E-state index in [4.69, 9.17) is 9.47 Å². The van der Waals surface area contributed by atoms with Crippen LogP contribution in [0.5, 0.6) is 17.2 Å². The Kier molecular flexibility index (Phi) is 7.18. The van der Waals surface area contributed by atoms with E-state index < -0.39 is 40.0 Å². The van der Waals surface area contributed by atoms with Crippen LogP contribution in [-0.4, -0.2) is 52.2 Å². The van der Waals surface area contributed by atoms with E-state index >= 15 is 0 Å². The first kappa shape index (κ1) is 23.6. The van der Waals surface area contributed by atoms with Gasteiger partial charge in [-0.25, -0.2) is 0 Å². The van der Waals surface area contributed by atoms with Gasteiger partial charge in [-0.05, 0) is 60.7 Å². The predicted octanol–water partition coefficient (Wildman–Crippen LogP) is 3.38. The first-order valence-electron chi connectivity index (χ1n) is 9.57. The van der Waals surface area contributed by atoms with Gasteiger partial charge in [0, 0.05) is 11.8 Å². The molecule has 11 nitrogen and oxygen atoms in total. The minimum Gasteiger partial charge on any atom is -0.500 e. The number of amides is 3. The molecule has 1 aliphatic heterocycles. The fourth-order valence-corrected chi connectivity index (χ4v) is 3.75. The number of hydrogen-bond acceptors (Lipinski definition) is 9. The van der Waals surface area contributed by atoms with E-state index in [1.54, 1.807) is 31.2 Å². The van der Waals surface area contributed by atoms with Crippen molar-refractivity contribution in [2.45, 2.75) is 6.92 Å². The number of phenols is 1. The lowest BCUT2D eigenvalue weighted by molar-refractivity contribution is -0.386. The van der Waals surface area contributed by atoms with Crippen LogP contribution in [0.15, 0.2) is 41.3 Å². The van der Waals surface area contributed by atoms with E-state index in [0.29, 0.717) is 23.2 Å². The van der Waals surface area contributed by atoms with Gasteiger partial charge in [0.1, 0.15) is 12.3 Å². The third-order valence-electron chi connectivity index (χ3n) is 4.42. The van der Waals surface area contributed by atoms with Crippen molar-refractivity contribution in [1.82, 2.24) is 4.90 Å².